The highest BCUT2D eigenvalue weighted by Crippen LogP contribution is 2.24. The first-order valence-electron chi connectivity index (χ1n) is 6.23. The minimum Gasteiger partial charge on any atom is -0.385 e. The van der Waals surface area contributed by atoms with Crippen LogP contribution in [0.3, 0.4) is 0 Å². The van der Waals surface area contributed by atoms with Gasteiger partial charge in [-0.05, 0) is 36.8 Å². The van der Waals surface area contributed by atoms with E-state index in [2.05, 4.69) is 22.8 Å². The number of anilines is 2. The molecule has 2 aromatic carbocycles. The van der Waals surface area contributed by atoms with Crippen LogP contribution in [0.15, 0.2) is 48.5 Å². The van der Waals surface area contributed by atoms with Crippen LogP contribution in [0.25, 0.3) is 0 Å². The molecule has 2 N–H and O–H groups in total. The third-order valence-corrected chi connectivity index (χ3v) is 3.44. The molecule has 0 saturated heterocycles. The monoisotopic (exact) mass is 294 g/mol. The molecule has 2 nitrogen and oxygen atoms in total. The van der Waals surface area contributed by atoms with Crippen molar-refractivity contribution in [1.82, 2.24) is 0 Å². The smallest absolute Gasteiger partial charge is 0.0612 e. The van der Waals surface area contributed by atoms with E-state index in [1.165, 1.54) is 0 Å². The van der Waals surface area contributed by atoms with Crippen molar-refractivity contribution >= 4 is 34.6 Å². The zero-order chi connectivity index (χ0) is 13.5. The Morgan fingerprint density at radius 1 is 0.737 bits per heavy atom. The minimum absolute atomic E-state index is 0.578. The first kappa shape index (κ1) is 14.0. The highest BCUT2D eigenvalue weighted by molar-refractivity contribution is 6.42. The maximum absolute atomic E-state index is 5.95. The predicted octanol–water partition coefficient (Wildman–Crippen LogP) is 4.91. The maximum Gasteiger partial charge on any atom is 0.0612 e. The lowest BCUT2D eigenvalue weighted by molar-refractivity contribution is 0.909. The molecule has 0 aliphatic heterocycles. The second-order valence-corrected chi connectivity index (χ2v) is 5.02. The molecule has 2 aromatic rings. The average Bonchev–Trinajstić information content (AvgIpc) is 2.43. The normalized spacial score (nSPS) is 10.2. The summed E-state index contributed by atoms with van der Waals surface area (Å²) in [5.41, 5.74) is 2.14. The Balaban J connectivity index is 1.68. The highest BCUT2D eigenvalue weighted by Gasteiger charge is 1.98. The topological polar surface area (TPSA) is 24.1 Å². The standard InChI is InChI=1S/C15H16Cl2N2/c16-14-8-7-13(11-15(14)17)19-10-4-9-18-12-5-2-1-3-6-12/h1-3,5-8,11,18-19H,4,9-10H2. The third kappa shape index (κ3) is 4.66. The van der Waals surface area contributed by atoms with Crippen LogP contribution in [0.2, 0.25) is 10.0 Å². The Hall–Kier alpha value is -1.38. The molecule has 0 heterocycles. The van der Waals surface area contributed by atoms with Crippen molar-refractivity contribution in [3.63, 3.8) is 0 Å². The zero-order valence-corrected chi connectivity index (χ0v) is 12.0. The summed E-state index contributed by atoms with van der Waals surface area (Å²) in [6, 6.07) is 15.8. The van der Waals surface area contributed by atoms with Crippen molar-refractivity contribution in [2.75, 3.05) is 23.7 Å². The molecule has 100 valence electrons. The number of para-hydroxylation sites is 1. The molecule has 0 aliphatic carbocycles. The first-order chi connectivity index (χ1) is 9.25. The van der Waals surface area contributed by atoms with Crippen LogP contribution in [0, 0.1) is 0 Å². The second kappa shape index (κ2) is 7.27. The summed E-state index contributed by atoms with van der Waals surface area (Å²) in [7, 11) is 0. The van der Waals surface area contributed by atoms with Crippen molar-refractivity contribution < 1.29 is 0 Å². The molecular weight excluding hydrogens is 279 g/mol. The molecular formula is C15H16Cl2N2. The van der Waals surface area contributed by atoms with Crippen molar-refractivity contribution in [3.05, 3.63) is 58.6 Å². The fourth-order valence-electron chi connectivity index (χ4n) is 1.72. The average molecular weight is 295 g/mol. The molecule has 0 fully saturated rings. The van der Waals surface area contributed by atoms with Gasteiger partial charge in [0.1, 0.15) is 0 Å². The summed E-state index contributed by atoms with van der Waals surface area (Å²) in [6.07, 6.45) is 1.02. The van der Waals surface area contributed by atoms with Crippen LogP contribution in [0.1, 0.15) is 6.42 Å². The molecule has 0 bridgehead atoms. The Morgan fingerprint density at radius 2 is 1.42 bits per heavy atom. The van der Waals surface area contributed by atoms with Crippen LogP contribution in [-0.2, 0) is 0 Å². The van der Waals surface area contributed by atoms with Crippen LogP contribution in [0.4, 0.5) is 11.4 Å². The van der Waals surface area contributed by atoms with E-state index in [1.54, 1.807) is 6.07 Å². The van der Waals surface area contributed by atoms with Crippen molar-refractivity contribution in [3.8, 4) is 0 Å². The quantitative estimate of drug-likeness (QED) is 0.740. The number of rotatable bonds is 6. The molecule has 4 heteroatoms. The predicted molar refractivity (Wildman–Crippen MR) is 84.5 cm³/mol. The molecule has 0 spiro atoms. The molecule has 0 amide bonds. The van der Waals surface area contributed by atoms with E-state index in [9.17, 15) is 0 Å². The number of hydrogen-bond acceptors (Lipinski definition) is 2. The number of halogens is 2. The Bertz CT molecular complexity index is 515. The van der Waals surface area contributed by atoms with E-state index in [4.69, 9.17) is 23.2 Å². The molecule has 0 aliphatic rings. The van der Waals surface area contributed by atoms with Gasteiger partial charge in [-0.1, -0.05) is 41.4 Å². The van der Waals surface area contributed by atoms with Gasteiger partial charge in [-0.25, -0.2) is 0 Å². The third-order valence-electron chi connectivity index (χ3n) is 2.71. The van der Waals surface area contributed by atoms with E-state index in [-0.39, 0.29) is 0 Å². The molecule has 2 rings (SSSR count). The van der Waals surface area contributed by atoms with E-state index in [0.717, 1.165) is 30.9 Å². The SMILES string of the molecule is Clc1ccc(NCCCNc2ccccc2)cc1Cl. The van der Waals surface area contributed by atoms with Crippen molar-refractivity contribution in [2.45, 2.75) is 6.42 Å². The van der Waals surface area contributed by atoms with Crippen LogP contribution in [-0.4, -0.2) is 13.1 Å². The molecule has 0 atom stereocenters. The van der Waals surface area contributed by atoms with Gasteiger partial charge in [-0.2, -0.15) is 0 Å². The van der Waals surface area contributed by atoms with E-state index < -0.39 is 0 Å². The summed E-state index contributed by atoms with van der Waals surface area (Å²) < 4.78 is 0. The van der Waals surface area contributed by atoms with Crippen molar-refractivity contribution in [1.29, 1.82) is 0 Å². The Morgan fingerprint density at radius 3 is 2.11 bits per heavy atom. The molecule has 0 aromatic heterocycles. The van der Waals surface area contributed by atoms with E-state index in [1.807, 2.05) is 30.3 Å². The Labute approximate surface area is 123 Å². The molecule has 0 unspecified atom stereocenters. The first-order valence-corrected chi connectivity index (χ1v) is 6.99. The largest absolute Gasteiger partial charge is 0.385 e. The molecule has 19 heavy (non-hydrogen) atoms. The summed E-state index contributed by atoms with van der Waals surface area (Å²) in [6.45, 7) is 1.82. The lowest BCUT2D eigenvalue weighted by Gasteiger charge is -2.09. The van der Waals surface area contributed by atoms with Crippen LogP contribution < -0.4 is 10.6 Å². The number of nitrogens with one attached hydrogen (secondary N) is 2. The molecule has 0 radical (unpaired) electrons. The zero-order valence-electron chi connectivity index (χ0n) is 10.5. The summed E-state index contributed by atoms with van der Waals surface area (Å²) in [5.74, 6) is 0. The van der Waals surface area contributed by atoms with Gasteiger partial charge in [-0.15, -0.1) is 0 Å². The van der Waals surface area contributed by atoms with E-state index >= 15 is 0 Å². The number of hydrogen-bond donors (Lipinski definition) is 2. The Kier molecular flexibility index (Phi) is 5.37. The van der Waals surface area contributed by atoms with Crippen molar-refractivity contribution in [2.24, 2.45) is 0 Å². The van der Waals surface area contributed by atoms with Gasteiger partial charge in [0.15, 0.2) is 0 Å². The van der Waals surface area contributed by atoms with Gasteiger partial charge in [0, 0.05) is 24.5 Å². The summed E-state index contributed by atoms with van der Waals surface area (Å²) in [5, 5.41) is 7.84. The lowest BCUT2D eigenvalue weighted by atomic mass is 10.3. The van der Waals surface area contributed by atoms with Gasteiger partial charge >= 0.3 is 0 Å². The lowest BCUT2D eigenvalue weighted by Crippen LogP contribution is -2.08. The van der Waals surface area contributed by atoms with E-state index in [0.29, 0.717) is 10.0 Å². The van der Waals surface area contributed by atoms with Gasteiger partial charge in [0.05, 0.1) is 10.0 Å². The van der Waals surface area contributed by atoms with Crippen LogP contribution >= 0.6 is 23.2 Å². The fourth-order valence-corrected chi connectivity index (χ4v) is 2.01. The fraction of sp³-hybridized carbons (Fsp3) is 0.200. The van der Waals surface area contributed by atoms with Gasteiger partial charge in [0.2, 0.25) is 0 Å². The van der Waals surface area contributed by atoms with Crippen LogP contribution in [0.5, 0.6) is 0 Å². The minimum atomic E-state index is 0.578. The number of benzene rings is 2. The second-order valence-electron chi connectivity index (χ2n) is 4.20. The van der Waals surface area contributed by atoms with Gasteiger partial charge < -0.3 is 10.6 Å². The van der Waals surface area contributed by atoms with Gasteiger partial charge in [-0.3, -0.25) is 0 Å². The van der Waals surface area contributed by atoms with Gasteiger partial charge in [0.25, 0.3) is 0 Å². The summed E-state index contributed by atoms with van der Waals surface area (Å²) >= 11 is 11.8. The summed E-state index contributed by atoms with van der Waals surface area (Å²) in [4.78, 5) is 0. The maximum atomic E-state index is 5.95. The molecule has 0 saturated carbocycles. The highest BCUT2D eigenvalue weighted by atomic mass is 35.5.